The summed E-state index contributed by atoms with van der Waals surface area (Å²) in [5.74, 6) is -0.0141. The predicted molar refractivity (Wildman–Crippen MR) is 51.0 cm³/mol. The number of carbonyl (C=O) groups is 1. The first kappa shape index (κ1) is 9.51. The average molecular weight is 179 g/mol. The molecule has 13 heavy (non-hydrogen) atoms. The maximum absolute atomic E-state index is 11.1. The van der Waals surface area contributed by atoms with Gasteiger partial charge < -0.3 is 11.1 Å². The van der Waals surface area contributed by atoms with E-state index in [4.69, 9.17) is 5.73 Å². The van der Waals surface area contributed by atoms with Gasteiger partial charge in [0.25, 0.3) is 0 Å². The summed E-state index contributed by atoms with van der Waals surface area (Å²) in [4.78, 5) is 15.1. The third-order valence-corrected chi connectivity index (χ3v) is 1.56. The fourth-order valence-electron chi connectivity index (χ4n) is 0.965. The molecule has 0 radical (unpaired) electrons. The highest BCUT2D eigenvalue weighted by Gasteiger charge is 2.01. The van der Waals surface area contributed by atoms with Gasteiger partial charge in [0.2, 0.25) is 5.91 Å². The van der Waals surface area contributed by atoms with E-state index in [0.29, 0.717) is 18.7 Å². The molecule has 0 unspecified atom stereocenters. The van der Waals surface area contributed by atoms with Crippen molar-refractivity contribution in [2.75, 3.05) is 12.3 Å². The Bertz CT molecular complexity index is 281. The van der Waals surface area contributed by atoms with Crippen molar-refractivity contribution in [1.82, 2.24) is 10.3 Å². The van der Waals surface area contributed by atoms with E-state index >= 15 is 0 Å². The molecular weight excluding hydrogens is 166 g/mol. The van der Waals surface area contributed by atoms with Gasteiger partial charge in [-0.1, -0.05) is 0 Å². The van der Waals surface area contributed by atoms with E-state index in [1.807, 2.05) is 6.92 Å². The number of nitrogens with two attached hydrogens (primary N) is 1. The third-order valence-electron chi connectivity index (χ3n) is 1.56. The van der Waals surface area contributed by atoms with Crippen LogP contribution in [-0.4, -0.2) is 17.4 Å². The lowest BCUT2D eigenvalue weighted by Gasteiger charge is -2.01. The fraction of sp³-hybridized carbons (Fsp3) is 0.333. The number of anilines is 1. The van der Waals surface area contributed by atoms with Gasteiger partial charge in [-0.25, -0.2) is 0 Å². The van der Waals surface area contributed by atoms with Crippen LogP contribution >= 0.6 is 0 Å². The van der Waals surface area contributed by atoms with Crippen molar-refractivity contribution in [3.63, 3.8) is 0 Å². The number of carbonyl (C=O) groups excluding carboxylic acids is 1. The summed E-state index contributed by atoms with van der Waals surface area (Å²) < 4.78 is 0. The smallest absolute Gasteiger partial charge is 0.226 e. The minimum atomic E-state index is -0.0141. The lowest BCUT2D eigenvalue weighted by Crippen LogP contribution is -2.24. The number of aromatic nitrogens is 1. The molecule has 0 aliphatic carbocycles. The quantitative estimate of drug-likeness (QED) is 0.703. The molecule has 0 atom stereocenters. The number of nitrogen functional groups attached to an aromatic ring is 1. The van der Waals surface area contributed by atoms with Crippen LogP contribution < -0.4 is 11.1 Å². The molecule has 0 aromatic carbocycles. The molecule has 0 fully saturated rings. The first-order valence-electron chi connectivity index (χ1n) is 4.19. The van der Waals surface area contributed by atoms with Crippen molar-refractivity contribution in [3.05, 3.63) is 24.0 Å². The van der Waals surface area contributed by atoms with Crippen LogP contribution in [0.2, 0.25) is 0 Å². The Morgan fingerprint density at radius 2 is 2.38 bits per heavy atom. The first-order chi connectivity index (χ1) is 6.22. The predicted octanol–water partition coefficient (Wildman–Crippen LogP) is 0.342. The zero-order valence-electron chi connectivity index (χ0n) is 7.58. The topological polar surface area (TPSA) is 68.0 Å². The van der Waals surface area contributed by atoms with Crippen LogP contribution in [0, 0.1) is 0 Å². The Kier molecular flexibility index (Phi) is 3.25. The SMILES string of the molecule is CCNC(=O)Cc1ccc(N)cn1. The summed E-state index contributed by atoms with van der Waals surface area (Å²) in [6.07, 6.45) is 1.86. The maximum atomic E-state index is 11.1. The molecule has 0 bridgehead atoms. The zero-order valence-corrected chi connectivity index (χ0v) is 7.58. The minimum absolute atomic E-state index is 0.0141. The summed E-state index contributed by atoms with van der Waals surface area (Å²) in [6, 6.07) is 3.49. The van der Waals surface area contributed by atoms with Crippen LogP contribution in [0.5, 0.6) is 0 Å². The molecular formula is C9H13N3O. The van der Waals surface area contributed by atoms with Crippen LogP contribution in [0.15, 0.2) is 18.3 Å². The van der Waals surface area contributed by atoms with Gasteiger partial charge in [0.05, 0.1) is 18.3 Å². The molecule has 4 heteroatoms. The number of hydrogen-bond donors (Lipinski definition) is 2. The lowest BCUT2D eigenvalue weighted by molar-refractivity contribution is -0.120. The normalized spacial score (nSPS) is 9.62. The molecule has 0 saturated carbocycles. The van der Waals surface area contributed by atoms with E-state index in [-0.39, 0.29) is 5.91 Å². The zero-order chi connectivity index (χ0) is 9.68. The monoisotopic (exact) mass is 179 g/mol. The number of amides is 1. The minimum Gasteiger partial charge on any atom is -0.397 e. The number of rotatable bonds is 3. The van der Waals surface area contributed by atoms with Crippen molar-refractivity contribution in [2.45, 2.75) is 13.3 Å². The van der Waals surface area contributed by atoms with Crippen molar-refractivity contribution < 1.29 is 4.79 Å². The van der Waals surface area contributed by atoms with Gasteiger partial charge in [0.15, 0.2) is 0 Å². The first-order valence-corrected chi connectivity index (χ1v) is 4.19. The summed E-state index contributed by atoms with van der Waals surface area (Å²) in [5.41, 5.74) is 6.80. The van der Waals surface area contributed by atoms with Gasteiger partial charge in [0.1, 0.15) is 0 Å². The van der Waals surface area contributed by atoms with Crippen molar-refractivity contribution >= 4 is 11.6 Å². The van der Waals surface area contributed by atoms with Crippen LogP contribution in [0.1, 0.15) is 12.6 Å². The van der Waals surface area contributed by atoms with Gasteiger partial charge in [-0.05, 0) is 19.1 Å². The molecule has 0 saturated heterocycles. The van der Waals surface area contributed by atoms with Gasteiger partial charge in [-0.3, -0.25) is 9.78 Å². The van der Waals surface area contributed by atoms with Gasteiger partial charge in [-0.15, -0.1) is 0 Å². The number of hydrogen-bond acceptors (Lipinski definition) is 3. The Morgan fingerprint density at radius 1 is 1.62 bits per heavy atom. The Morgan fingerprint density at radius 3 is 2.92 bits per heavy atom. The highest BCUT2D eigenvalue weighted by molar-refractivity contribution is 5.78. The average Bonchev–Trinajstić information content (AvgIpc) is 2.09. The molecule has 0 spiro atoms. The van der Waals surface area contributed by atoms with E-state index in [0.717, 1.165) is 5.69 Å². The highest BCUT2D eigenvalue weighted by Crippen LogP contribution is 2.01. The van der Waals surface area contributed by atoms with Crippen molar-refractivity contribution in [3.8, 4) is 0 Å². The summed E-state index contributed by atoms with van der Waals surface area (Å²) in [6.45, 7) is 2.53. The summed E-state index contributed by atoms with van der Waals surface area (Å²) in [5, 5.41) is 2.70. The number of likely N-dealkylation sites (N-methyl/N-ethyl adjacent to an activating group) is 1. The Hall–Kier alpha value is -1.58. The van der Waals surface area contributed by atoms with Gasteiger partial charge >= 0.3 is 0 Å². The summed E-state index contributed by atoms with van der Waals surface area (Å²) >= 11 is 0. The molecule has 0 aliphatic rings. The standard InChI is InChI=1S/C9H13N3O/c1-2-11-9(13)5-8-4-3-7(10)6-12-8/h3-4,6H,2,5,10H2,1H3,(H,11,13). The molecule has 1 amide bonds. The Balaban J connectivity index is 2.54. The van der Waals surface area contributed by atoms with Crippen LogP contribution in [0.3, 0.4) is 0 Å². The van der Waals surface area contributed by atoms with Crippen molar-refractivity contribution in [2.24, 2.45) is 0 Å². The van der Waals surface area contributed by atoms with E-state index in [1.54, 1.807) is 18.3 Å². The van der Waals surface area contributed by atoms with Crippen LogP contribution in [-0.2, 0) is 11.2 Å². The molecule has 1 heterocycles. The molecule has 1 aromatic heterocycles. The Labute approximate surface area is 77.2 Å². The second-order valence-electron chi connectivity index (χ2n) is 2.71. The third kappa shape index (κ3) is 3.11. The van der Waals surface area contributed by atoms with Crippen molar-refractivity contribution in [1.29, 1.82) is 0 Å². The largest absolute Gasteiger partial charge is 0.397 e. The van der Waals surface area contributed by atoms with E-state index in [1.165, 1.54) is 0 Å². The van der Waals surface area contributed by atoms with E-state index < -0.39 is 0 Å². The number of nitrogens with zero attached hydrogens (tertiary/aromatic N) is 1. The highest BCUT2D eigenvalue weighted by atomic mass is 16.1. The van der Waals surface area contributed by atoms with Crippen LogP contribution in [0.25, 0.3) is 0 Å². The summed E-state index contributed by atoms with van der Waals surface area (Å²) in [7, 11) is 0. The molecule has 3 N–H and O–H groups in total. The van der Waals surface area contributed by atoms with Gasteiger partial charge in [-0.2, -0.15) is 0 Å². The second kappa shape index (κ2) is 4.45. The number of pyridine rings is 1. The molecule has 0 aliphatic heterocycles. The maximum Gasteiger partial charge on any atom is 0.226 e. The number of nitrogens with one attached hydrogen (secondary N) is 1. The van der Waals surface area contributed by atoms with Gasteiger partial charge in [0, 0.05) is 12.2 Å². The lowest BCUT2D eigenvalue weighted by atomic mass is 10.2. The second-order valence-corrected chi connectivity index (χ2v) is 2.71. The van der Waals surface area contributed by atoms with E-state index in [9.17, 15) is 4.79 Å². The molecule has 70 valence electrons. The molecule has 4 nitrogen and oxygen atoms in total. The van der Waals surface area contributed by atoms with E-state index in [2.05, 4.69) is 10.3 Å². The molecule has 1 rings (SSSR count). The molecule has 1 aromatic rings. The fourth-order valence-corrected chi connectivity index (χ4v) is 0.965. The van der Waals surface area contributed by atoms with Crippen LogP contribution in [0.4, 0.5) is 5.69 Å².